The molecule has 5 rings (SSSR count). The molecular weight excluding hydrogens is 539 g/mol. The van der Waals surface area contributed by atoms with E-state index in [1.54, 1.807) is 18.2 Å². The van der Waals surface area contributed by atoms with Gasteiger partial charge in [0.25, 0.3) is 11.8 Å². The van der Waals surface area contributed by atoms with Crippen LogP contribution in [0.4, 0.5) is 5.69 Å². The quantitative estimate of drug-likeness (QED) is 0.118. The van der Waals surface area contributed by atoms with Crippen molar-refractivity contribution in [3.05, 3.63) is 120 Å². The fourth-order valence-electron chi connectivity index (χ4n) is 5.90. The molecule has 0 aromatic heterocycles. The van der Waals surface area contributed by atoms with Crippen LogP contribution in [0.2, 0.25) is 0 Å². The zero-order valence-electron chi connectivity index (χ0n) is 24.3. The molecule has 0 spiro atoms. The van der Waals surface area contributed by atoms with Gasteiger partial charge in [-0.1, -0.05) is 67.6 Å². The number of unbranched alkanes of at least 4 members (excludes halogenated alkanes) is 2. The summed E-state index contributed by atoms with van der Waals surface area (Å²) in [5.74, 6) is -0.758. The van der Waals surface area contributed by atoms with Crippen LogP contribution in [0.5, 0.6) is 0 Å². The van der Waals surface area contributed by atoms with Crippen molar-refractivity contribution in [2.45, 2.75) is 52.0 Å². The van der Waals surface area contributed by atoms with Gasteiger partial charge in [0, 0.05) is 12.5 Å². The molecule has 1 N–H and O–H groups in total. The Morgan fingerprint density at radius 1 is 0.714 bits per heavy atom. The van der Waals surface area contributed by atoms with Crippen molar-refractivity contribution in [2.75, 3.05) is 11.5 Å². The number of imide groups is 1. The van der Waals surface area contributed by atoms with Crippen LogP contribution in [0.3, 0.4) is 0 Å². The minimum Gasteiger partial charge on any atom is -0.325 e. The van der Waals surface area contributed by atoms with Crippen LogP contribution in [0.15, 0.2) is 109 Å². The molecule has 42 heavy (non-hydrogen) atoms. The molecule has 0 saturated heterocycles. The third kappa shape index (κ3) is 5.80. The third-order valence-electron chi connectivity index (χ3n) is 8.24. The zero-order chi connectivity index (χ0) is 29.5. The van der Waals surface area contributed by atoms with E-state index in [4.69, 9.17) is 0 Å². The molecule has 3 amide bonds. The highest BCUT2D eigenvalue weighted by atomic mass is 31.2. The van der Waals surface area contributed by atoms with Crippen LogP contribution in [0, 0.1) is 0 Å². The van der Waals surface area contributed by atoms with Gasteiger partial charge in [0.2, 0.25) is 5.91 Å². The van der Waals surface area contributed by atoms with Crippen LogP contribution < -0.4 is 21.2 Å². The van der Waals surface area contributed by atoms with E-state index >= 15 is 0 Å². The Balaban J connectivity index is 1.27. The first kappa shape index (κ1) is 29.4. The van der Waals surface area contributed by atoms with Gasteiger partial charge in [-0.25, -0.2) is 0 Å². The van der Waals surface area contributed by atoms with Crippen molar-refractivity contribution >= 4 is 46.6 Å². The lowest BCUT2D eigenvalue weighted by molar-refractivity contribution is -0.116. The topological polar surface area (TPSA) is 66.5 Å². The molecule has 0 radical (unpaired) electrons. The average Bonchev–Trinajstić information content (AvgIpc) is 3.30. The highest BCUT2D eigenvalue weighted by Gasteiger charge is 2.44. The largest absolute Gasteiger partial charge is 0.325 e. The number of hydrogen-bond donors (Lipinski definition) is 1. The molecule has 0 fully saturated rings. The second-order valence-corrected chi connectivity index (χ2v) is 14.5. The van der Waals surface area contributed by atoms with E-state index in [1.165, 1.54) is 20.8 Å². The molecule has 1 aliphatic rings. The number of nitrogens with one attached hydrogen (secondary N) is 1. The van der Waals surface area contributed by atoms with Crippen LogP contribution in [-0.2, 0) is 4.79 Å². The lowest BCUT2D eigenvalue weighted by Crippen LogP contribution is -2.37. The highest BCUT2D eigenvalue weighted by Crippen LogP contribution is 2.56. The molecule has 0 saturated carbocycles. The predicted molar refractivity (Wildman–Crippen MR) is 174 cm³/mol. The van der Waals surface area contributed by atoms with E-state index in [2.05, 4.69) is 96.3 Å². The number of nitrogens with zero attached hydrogens (tertiary/aromatic N) is 1. The summed E-state index contributed by atoms with van der Waals surface area (Å²) in [5, 5.41) is 7.02. The van der Waals surface area contributed by atoms with Crippen LogP contribution in [0.1, 0.15) is 66.7 Å². The normalized spacial score (nSPS) is 13.6. The maximum atomic E-state index is 13.1. The first-order valence-electron chi connectivity index (χ1n) is 14.8. The summed E-state index contributed by atoms with van der Waals surface area (Å²) in [5.41, 5.74) is 1.09. The zero-order valence-corrected chi connectivity index (χ0v) is 25.2. The summed E-state index contributed by atoms with van der Waals surface area (Å²) in [6, 6.07) is 37.4. The van der Waals surface area contributed by atoms with E-state index in [-0.39, 0.29) is 23.8 Å². The first-order chi connectivity index (χ1) is 20.5. The van der Waals surface area contributed by atoms with E-state index < -0.39 is 7.26 Å². The lowest BCUT2D eigenvalue weighted by atomic mass is 10.1. The standard InChI is InChI=1S/C36H37N2O3P/c1-3-27(2)38-35(40)31-23-16-24-32(34(31)36(38)41)37-33(39)25-14-7-15-26-42(28-17-8-4-9-18-28,29-19-10-5-11-20-29)30-21-12-6-13-22-30/h4-6,8-13,16-24,27H,3,7,14-15,25-26H2,1-2H3/p+1. The number of anilines is 1. The summed E-state index contributed by atoms with van der Waals surface area (Å²) >= 11 is 0. The van der Waals surface area contributed by atoms with Crippen molar-refractivity contribution in [3.63, 3.8) is 0 Å². The lowest BCUT2D eigenvalue weighted by Gasteiger charge is -2.27. The summed E-state index contributed by atoms with van der Waals surface area (Å²) in [4.78, 5) is 40.3. The van der Waals surface area contributed by atoms with Crippen molar-refractivity contribution in [1.29, 1.82) is 0 Å². The molecule has 0 aliphatic carbocycles. The molecule has 1 atom stereocenters. The number of fused-ring (bicyclic) bond motifs is 1. The summed E-state index contributed by atoms with van der Waals surface area (Å²) in [7, 11) is -1.89. The van der Waals surface area contributed by atoms with Gasteiger partial charge >= 0.3 is 0 Å². The third-order valence-corrected chi connectivity index (χ3v) is 12.8. The second-order valence-electron chi connectivity index (χ2n) is 10.9. The van der Waals surface area contributed by atoms with E-state index in [0.29, 0.717) is 29.7 Å². The highest BCUT2D eigenvalue weighted by molar-refractivity contribution is 7.95. The van der Waals surface area contributed by atoms with Gasteiger partial charge in [-0.15, -0.1) is 0 Å². The van der Waals surface area contributed by atoms with Gasteiger partial charge in [0.15, 0.2) is 0 Å². The molecule has 1 aliphatic heterocycles. The van der Waals surface area contributed by atoms with Crippen molar-refractivity contribution < 1.29 is 14.4 Å². The smallest absolute Gasteiger partial charge is 0.263 e. The van der Waals surface area contributed by atoms with Gasteiger partial charge < -0.3 is 5.32 Å². The molecule has 4 aromatic rings. The number of amides is 3. The van der Waals surface area contributed by atoms with Crippen LogP contribution in [0.25, 0.3) is 0 Å². The van der Waals surface area contributed by atoms with Gasteiger partial charge in [0.1, 0.15) is 23.2 Å². The fourth-order valence-corrected chi connectivity index (χ4v) is 10.3. The summed E-state index contributed by atoms with van der Waals surface area (Å²) in [6.45, 7) is 3.81. The summed E-state index contributed by atoms with van der Waals surface area (Å²) in [6.07, 6.45) is 4.68. The van der Waals surface area contributed by atoms with Gasteiger partial charge in [0.05, 0.1) is 23.0 Å². The predicted octanol–water partition coefficient (Wildman–Crippen LogP) is 6.57. The van der Waals surface area contributed by atoms with Crippen molar-refractivity contribution in [1.82, 2.24) is 4.90 Å². The average molecular weight is 578 g/mol. The van der Waals surface area contributed by atoms with Gasteiger partial charge in [-0.2, -0.15) is 0 Å². The Bertz CT molecular complexity index is 1440. The Morgan fingerprint density at radius 2 is 1.26 bits per heavy atom. The minimum absolute atomic E-state index is 0.138. The van der Waals surface area contributed by atoms with E-state index in [9.17, 15) is 14.4 Å². The maximum absolute atomic E-state index is 13.1. The van der Waals surface area contributed by atoms with Crippen molar-refractivity contribution in [3.8, 4) is 0 Å². The SMILES string of the molecule is CCC(C)N1C(=O)c2cccc(NC(=O)CCCCC[P+](c3ccccc3)(c3ccccc3)c3ccccc3)c2C1=O. The first-order valence-corrected chi connectivity index (χ1v) is 16.8. The van der Waals surface area contributed by atoms with Crippen LogP contribution in [-0.4, -0.2) is 34.8 Å². The van der Waals surface area contributed by atoms with E-state index in [0.717, 1.165) is 25.4 Å². The number of carbonyl (C=O) groups is 3. The molecule has 0 bridgehead atoms. The Morgan fingerprint density at radius 3 is 1.79 bits per heavy atom. The Labute approximate surface area is 249 Å². The molecule has 4 aromatic carbocycles. The molecule has 6 heteroatoms. The van der Waals surface area contributed by atoms with E-state index in [1.807, 2.05) is 13.8 Å². The van der Waals surface area contributed by atoms with Crippen molar-refractivity contribution in [2.24, 2.45) is 0 Å². The second kappa shape index (κ2) is 13.3. The molecule has 214 valence electrons. The fraction of sp³-hybridized carbons (Fsp3) is 0.250. The minimum atomic E-state index is -1.89. The summed E-state index contributed by atoms with van der Waals surface area (Å²) < 4.78 is 0. The number of carbonyl (C=O) groups excluding carboxylic acids is 3. The Kier molecular flexibility index (Phi) is 9.29. The molecule has 5 nitrogen and oxygen atoms in total. The molecule has 1 unspecified atom stereocenters. The van der Waals surface area contributed by atoms with Crippen LogP contribution >= 0.6 is 7.26 Å². The number of rotatable bonds is 12. The Hall–Kier alpha value is -4.08. The monoisotopic (exact) mass is 577 g/mol. The van der Waals surface area contributed by atoms with Gasteiger partial charge in [-0.3, -0.25) is 19.3 Å². The number of hydrogen-bond acceptors (Lipinski definition) is 3. The maximum Gasteiger partial charge on any atom is 0.263 e. The number of benzene rings is 4. The molecule has 1 heterocycles. The van der Waals surface area contributed by atoms with Gasteiger partial charge in [-0.05, 0) is 81.1 Å². The molecular formula is C36H38N2O3P+.